The third kappa shape index (κ3) is 2.60. The van der Waals surface area contributed by atoms with E-state index in [2.05, 4.69) is 4.98 Å². The van der Waals surface area contributed by atoms with Gasteiger partial charge >= 0.3 is 0 Å². The molecular formula is C13H13N3O. The smallest absolute Gasteiger partial charge is 0.189 e. The summed E-state index contributed by atoms with van der Waals surface area (Å²) in [5.41, 5.74) is 7.51. The molecule has 2 rings (SSSR count). The third-order valence-corrected chi connectivity index (χ3v) is 2.42. The molecule has 1 heterocycles. The Labute approximate surface area is 99.4 Å². The molecule has 1 aromatic heterocycles. The Bertz CT molecular complexity index is 539. The van der Waals surface area contributed by atoms with Crippen LogP contribution in [0.2, 0.25) is 0 Å². The van der Waals surface area contributed by atoms with Crippen LogP contribution in [0.5, 0.6) is 0 Å². The zero-order valence-corrected chi connectivity index (χ0v) is 9.50. The van der Waals surface area contributed by atoms with E-state index in [0.29, 0.717) is 11.4 Å². The van der Waals surface area contributed by atoms with Crippen LogP contribution in [0.25, 0.3) is 5.82 Å². The lowest BCUT2D eigenvalue weighted by molar-refractivity contribution is 0.104. The van der Waals surface area contributed by atoms with Gasteiger partial charge in [-0.05, 0) is 6.92 Å². The first-order valence-electron chi connectivity index (χ1n) is 5.23. The highest BCUT2D eigenvalue weighted by Crippen LogP contribution is 2.06. The monoisotopic (exact) mass is 227 g/mol. The summed E-state index contributed by atoms with van der Waals surface area (Å²) in [5, 5.41) is 0. The number of allylic oxidation sites excluding steroid dienone is 1. The molecule has 0 spiro atoms. The van der Waals surface area contributed by atoms with Gasteiger partial charge in [0.05, 0.1) is 0 Å². The summed E-state index contributed by atoms with van der Waals surface area (Å²) in [6, 6.07) is 7.37. The Hall–Kier alpha value is -2.36. The number of benzene rings is 1. The van der Waals surface area contributed by atoms with Crippen LogP contribution in [0.15, 0.2) is 49.1 Å². The van der Waals surface area contributed by atoms with Crippen LogP contribution >= 0.6 is 0 Å². The summed E-state index contributed by atoms with van der Waals surface area (Å²) in [4.78, 5) is 15.7. The second-order valence-corrected chi connectivity index (χ2v) is 3.77. The maximum absolute atomic E-state index is 11.9. The normalized spacial score (nSPS) is 11.5. The number of hydrogen-bond acceptors (Lipinski definition) is 3. The van der Waals surface area contributed by atoms with Crippen molar-refractivity contribution >= 4 is 11.6 Å². The van der Waals surface area contributed by atoms with Crippen LogP contribution in [0.3, 0.4) is 0 Å². The lowest BCUT2D eigenvalue weighted by Crippen LogP contribution is -2.07. The molecule has 0 saturated carbocycles. The fourth-order valence-corrected chi connectivity index (χ4v) is 1.42. The van der Waals surface area contributed by atoms with E-state index in [4.69, 9.17) is 5.73 Å². The van der Waals surface area contributed by atoms with Crippen molar-refractivity contribution in [2.24, 2.45) is 5.73 Å². The molecular weight excluding hydrogens is 214 g/mol. The van der Waals surface area contributed by atoms with Crippen LogP contribution < -0.4 is 5.73 Å². The van der Waals surface area contributed by atoms with Crippen molar-refractivity contribution in [1.82, 2.24) is 9.55 Å². The summed E-state index contributed by atoms with van der Waals surface area (Å²) in [5.74, 6) is 0.240. The quantitative estimate of drug-likeness (QED) is 0.642. The first-order valence-corrected chi connectivity index (χ1v) is 5.23. The molecule has 4 heteroatoms. The van der Waals surface area contributed by atoms with E-state index in [9.17, 15) is 4.79 Å². The summed E-state index contributed by atoms with van der Waals surface area (Å²) >= 11 is 0. The van der Waals surface area contributed by atoms with Gasteiger partial charge in [-0.15, -0.1) is 0 Å². The summed E-state index contributed by atoms with van der Waals surface area (Å²) in [6.45, 7) is 1.98. The van der Waals surface area contributed by atoms with Gasteiger partial charge in [0.2, 0.25) is 0 Å². The number of nitrogens with zero attached hydrogens (tertiary/aromatic N) is 2. The third-order valence-electron chi connectivity index (χ3n) is 2.42. The molecule has 0 unspecified atom stereocenters. The summed E-state index contributed by atoms with van der Waals surface area (Å²) in [6.07, 6.45) is 6.24. The Morgan fingerprint density at radius 2 is 2.06 bits per heavy atom. The lowest BCUT2D eigenvalue weighted by atomic mass is 10.1. The van der Waals surface area contributed by atoms with Gasteiger partial charge in [0.1, 0.15) is 12.1 Å². The molecule has 0 aliphatic heterocycles. The van der Waals surface area contributed by atoms with Crippen molar-refractivity contribution in [2.75, 3.05) is 0 Å². The number of carbonyl (C=O) groups is 1. The molecule has 0 bridgehead atoms. The van der Waals surface area contributed by atoms with Gasteiger partial charge in [-0.1, -0.05) is 29.8 Å². The van der Waals surface area contributed by atoms with Gasteiger partial charge < -0.3 is 5.73 Å². The highest BCUT2D eigenvalue weighted by molar-refractivity contribution is 6.07. The van der Waals surface area contributed by atoms with E-state index in [1.807, 2.05) is 19.1 Å². The molecule has 4 nitrogen and oxygen atoms in total. The maximum Gasteiger partial charge on any atom is 0.189 e. The molecule has 0 amide bonds. The van der Waals surface area contributed by atoms with Crippen molar-refractivity contribution in [3.8, 4) is 0 Å². The van der Waals surface area contributed by atoms with Gasteiger partial charge in [0, 0.05) is 24.0 Å². The molecule has 1 aromatic carbocycles. The first kappa shape index (κ1) is 11.1. The Morgan fingerprint density at radius 3 is 2.65 bits per heavy atom. The Kier molecular flexibility index (Phi) is 3.05. The number of ketones is 1. The standard InChI is InChI=1S/C13H13N3O/c1-10-2-4-11(5-3-10)12(17)8-13(14)16-7-6-15-9-16/h2-9H,14H2,1H3/b13-8-. The molecule has 0 fully saturated rings. The minimum absolute atomic E-state index is 0.115. The van der Waals surface area contributed by atoms with Crippen molar-refractivity contribution < 1.29 is 4.79 Å². The molecule has 0 aliphatic carbocycles. The molecule has 0 saturated heterocycles. The topological polar surface area (TPSA) is 60.9 Å². The van der Waals surface area contributed by atoms with E-state index < -0.39 is 0 Å². The molecule has 0 aliphatic rings. The van der Waals surface area contributed by atoms with E-state index >= 15 is 0 Å². The second-order valence-electron chi connectivity index (χ2n) is 3.77. The van der Waals surface area contributed by atoms with Crippen molar-refractivity contribution in [3.05, 3.63) is 60.2 Å². The number of imidazole rings is 1. The first-order chi connectivity index (χ1) is 8.16. The minimum atomic E-state index is -0.115. The fourth-order valence-electron chi connectivity index (χ4n) is 1.42. The average Bonchev–Trinajstić information content (AvgIpc) is 2.83. The highest BCUT2D eigenvalue weighted by atomic mass is 16.1. The molecule has 86 valence electrons. The Morgan fingerprint density at radius 1 is 1.35 bits per heavy atom. The zero-order chi connectivity index (χ0) is 12.3. The van der Waals surface area contributed by atoms with Crippen molar-refractivity contribution in [1.29, 1.82) is 0 Å². The van der Waals surface area contributed by atoms with Crippen molar-refractivity contribution in [3.63, 3.8) is 0 Å². The minimum Gasteiger partial charge on any atom is -0.385 e. The number of nitrogens with two attached hydrogens (primary N) is 1. The van der Waals surface area contributed by atoms with Gasteiger partial charge in [-0.25, -0.2) is 4.98 Å². The molecule has 0 radical (unpaired) electrons. The molecule has 17 heavy (non-hydrogen) atoms. The van der Waals surface area contributed by atoms with Crippen LogP contribution in [-0.4, -0.2) is 15.3 Å². The second kappa shape index (κ2) is 4.65. The van der Waals surface area contributed by atoms with E-state index in [0.717, 1.165) is 5.56 Å². The predicted octanol–water partition coefficient (Wildman–Crippen LogP) is 1.83. The van der Waals surface area contributed by atoms with Crippen molar-refractivity contribution in [2.45, 2.75) is 6.92 Å². The van der Waals surface area contributed by atoms with Gasteiger partial charge in [0.15, 0.2) is 5.78 Å². The molecule has 2 N–H and O–H groups in total. The Balaban J connectivity index is 2.22. The highest BCUT2D eigenvalue weighted by Gasteiger charge is 2.03. The number of aromatic nitrogens is 2. The van der Waals surface area contributed by atoms with E-state index in [1.54, 1.807) is 35.4 Å². The SMILES string of the molecule is Cc1ccc(C(=O)/C=C(/N)n2ccnc2)cc1. The van der Waals surface area contributed by atoms with E-state index in [1.165, 1.54) is 6.08 Å². The summed E-state index contributed by atoms with van der Waals surface area (Å²) in [7, 11) is 0. The predicted molar refractivity (Wildman–Crippen MR) is 66.2 cm³/mol. The summed E-state index contributed by atoms with van der Waals surface area (Å²) < 4.78 is 1.59. The maximum atomic E-state index is 11.9. The lowest BCUT2D eigenvalue weighted by Gasteiger charge is -2.01. The van der Waals surface area contributed by atoms with Gasteiger partial charge in [-0.2, -0.15) is 0 Å². The van der Waals surface area contributed by atoms with Crippen LogP contribution in [0.4, 0.5) is 0 Å². The molecule has 0 atom stereocenters. The van der Waals surface area contributed by atoms with Gasteiger partial charge in [0.25, 0.3) is 0 Å². The average molecular weight is 227 g/mol. The van der Waals surface area contributed by atoms with Crippen LogP contribution in [0, 0.1) is 6.92 Å². The fraction of sp³-hybridized carbons (Fsp3) is 0.0769. The van der Waals surface area contributed by atoms with Crippen LogP contribution in [-0.2, 0) is 0 Å². The van der Waals surface area contributed by atoms with Crippen LogP contribution in [0.1, 0.15) is 15.9 Å². The van der Waals surface area contributed by atoms with E-state index in [-0.39, 0.29) is 5.78 Å². The van der Waals surface area contributed by atoms with Gasteiger partial charge in [-0.3, -0.25) is 9.36 Å². The number of carbonyl (C=O) groups excluding carboxylic acids is 1. The zero-order valence-electron chi connectivity index (χ0n) is 9.50. The number of hydrogen-bond donors (Lipinski definition) is 1. The largest absolute Gasteiger partial charge is 0.385 e. The number of rotatable bonds is 3. The number of aryl methyl sites for hydroxylation is 1. The molecule has 2 aromatic rings.